The summed E-state index contributed by atoms with van der Waals surface area (Å²) in [4.78, 5) is 22.3. The van der Waals surface area contributed by atoms with Gasteiger partial charge in [-0.05, 0) is 38.3 Å². The van der Waals surface area contributed by atoms with E-state index in [1.165, 1.54) is 0 Å². The van der Waals surface area contributed by atoms with E-state index < -0.39 is 0 Å². The lowest BCUT2D eigenvalue weighted by atomic mass is 10.2. The molecular weight excluding hydrogens is 356 g/mol. The lowest BCUT2D eigenvalue weighted by Crippen LogP contribution is -2.50. The van der Waals surface area contributed by atoms with Crippen LogP contribution in [-0.2, 0) is 17.8 Å². The van der Waals surface area contributed by atoms with Crippen molar-refractivity contribution in [3.05, 3.63) is 45.9 Å². The highest BCUT2D eigenvalue weighted by Crippen LogP contribution is 2.34. The lowest BCUT2D eigenvalue weighted by molar-refractivity contribution is 0.0583. The van der Waals surface area contributed by atoms with Crippen molar-refractivity contribution in [3.63, 3.8) is 0 Å². The number of nitrogens with zero attached hydrogens (tertiary/aromatic N) is 4. The Morgan fingerprint density at radius 2 is 2.11 bits per heavy atom. The number of aromatic nitrogens is 2. The first kappa shape index (κ1) is 19.0. The van der Waals surface area contributed by atoms with Crippen LogP contribution >= 0.6 is 0 Å². The second-order valence-corrected chi connectivity index (χ2v) is 7.43. The van der Waals surface area contributed by atoms with Crippen LogP contribution in [0.1, 0.15) is 31.0 Å². The van der Waals surface area contributed by atoms with Crippen LogP contribution in [0, 0.1) is 6.92 Å². The lowest BCUT2D eigenvalue weighted by Gasteiger charge is -2.39. The van der Waals surface area contributed by atoms with Crippen LogP contribution in [0.4, 0.5) is 11.6 Å². The van der Waals surface area contributed by atoms with Gasteiger partial charge < -0.3 is 9.47 Å². The van der Waals surface area contributed by atoms with E-state index in [-0.39, 0.29) is 11.7 Å². The van der Waals surface area contributed by atoms with Crippen molar-refractivity contribution < 1.29 is 9.47 Å². The highest BCUT2D eigenvalue weighted by Gasteiger charge is 2.31. The maximum Gasteiger partial charge on any atom is 0.259 e. The Hall–Kier alpha value is -2.38. The third-order valence-electron chi connectivity index (χ3n) is 5.59. The van der Waals surface area contributed by atoms with E-state index in [0.717, 1.165) is 48.7 Å². The zero-order valence-corrected chi connectivity index (χ0v) is 16.9. The Morgan fingerprint density at radius 1 is 1.29 bits per heavy atom. The van der Waals surface area contributed by atoms with Crippen LogP contribution in [0.15, 0.2) is 29.1 Å². The molecule has 1 saturated heterocycles. The number of para-hydroxylation sites is 2. The normalized spacial score (nSPS) is 19.7. The van der Waals surface area contributed by atoms with Gasteiger partial charge in [-0.3, -0.25) is 19.2 Å². The van der Waals surface area contributed by atoms with Crippen LogP contribution < -0.4 is 15.2 Å². The molecule has 2 aliphatic heterocycles. The summed E-state index contributed by atoms with van der Waals surface area (Å²) < 4.78 is 13.2. The Balaban J connectivity index is 1.79. The molecule has 7 heteroatoms. The van der Waals surface area contributed by atoms with Crippen LogP contribution in [-0.4, -0.2) is 47.5 Å². The number of rotatable bonds is 5. The van der Waals surface area contributed by atoms with Gasteiger partial charge in [0.1, 0.15) is 5.75 Å². The van der Waals surface area contributed by atoms with Gasteiger partial charge in [0.05, 0.1) is 32.2 Å². The molecule has 4 rings (SSSR count). The summed E-state index contributed by atoms with van der Waals surface area (Å²) in [5.41, 5.74) is 2.53. The monoisotopic (exact) mass is 384 g/mol. The SMILES string of the molecule is CCc1c(C)nc2n(c1=O)CN(C[C@H]1CCCO1)CN2c1ccccc1OC. The average Bonchev–Trinajstić information content (AvgIpc) is 3.21. The molecule has 0 unspecified atom stereocenters. The van der Waals surface area contributed by atoms with Crippen molar-refractivity contribution in [2.24, 2.45) is 0 Å². The minimum Gasteiger partial charge on any atom is -0.495 e. The predicted octanol–water partition coefficient (Wildman–Crippen LogP) is 2.67. The minimum atomic E-state index is 0.0435. The van der Waals surface area contributed by atoms with Crippen molar-refractivity contribution in [1.29, 1.82) is 0 Å². The number of methoxy groups -OCH3 is 1. The first-order chi connectivity index (χ1) is 13.6. The van der Waals surface area contributed by atoms with Crippen LogP contribution in [0.25, 0.3) is 0 Å². The van der Waals surface area contributed by atoms with Crippen molar-refractivity contribution in [2.45, 2.75) is 45.9 Å². The van der Waals surface area contributed by atoms with Gasteiger partial charge in [0.15, 0.2) is 0 Å². The summed E-state index contributed by atoms with van der Waals surface area (Å²) >= 11 is 0. The largest absolute Gasteiger partial charge is 0.495 e. The fourth-order valence-corrected chi connectivity index (χ4v) is 4.16. The standard InChI is InChI=1S/C21H28N4O3/c1-4-17-15(2)22-21-24(18-9-5-6-10-19(18)27-3)13-23(14-25(21)20(17)26)12-16-8-7-11-28-16/h5-6,9-10,16H,4,7-8,11-14H2,1-3H3/t16-/m1/s1. The molecular formula is C21H28N4O3. The molecule has 0 spiro atoms. The molecule has 150 valence electrons. The Labute approximate surface area is 165 Å². The minimum absolute atomic E-state index is 0.0435. The molecule has 0 radical (unpaired) electrons. The number of fused-ring (bicyclic) bond motifs is 1. The zero-order chi connectivity index (χ0) is 19.7. The average molecular weight is 384 g/mol. The van der Waals surface area contributed by atoms with Gasteiger partial charge in [-0.1, -0.05) is 19.1 Å². The Kier molecular flexibility index (Phi) is 5.37. The molecule has 0 saturated carbocycles. The van der Waals surface area contributed by atoms with Gasteiger partial charge in [0.2, 0.25) is 5.95 Å². The summed E-state index contributed by atoms with van der Waals surface area (Å²) in [6, 6.07) is 7.87. The van der Waals surface area contributed by atoms with E-state index >= 15 is 0 Å². The second-order valence-electron chi connectivity index (χ2n) is 7.43. The van der Waals surface area contributed by atoms with E-state index in [0.29, 0.717) is 25.7 Å². The quantitative estimate of drug-likeness (QED) is 0.790. The number of anilines is 2. The summed E-state index contributed by atoms with van der Waals surface area (Å²) in [5.74, 6) is 1.44. The fraction of sp³-hybridized carbons (Fsp3) is 0.524. The fourth-order valence-electron chi connectivity index (χ4n) is 4.16. The van der Waals surface area contributed by atoms with Crippen LogP contribution in [0.2, 0.25) is 0 Å². The summed E-state index contributed by atoms with van der Waals surface area (Å²) in [6.07, 6.45) is 3.07. The summed E-state index contributed by atoms with van der Waals surface area (Å²) in [7, 11) is 1.67. The Bertz CT molecular complexity index is 905. The van der Waals surface area contributed by atoms with E-state index in [2.05, 4.69) is 9.80 Å². The molecule has 3 heterocycles. The molecule has 1 atom stereocenters. The molecule has 2 aromatic rings. The van der Waals surface area contributed by atoms with Crippen molar-refractivity contribution in [2.75, 3.05) is 31.8 Å². The third-order valence-corrected chi connectivity index (χ3v) is 5.59. The van der Waals surface area contributed by atoms with E-state index in [4.69, 9.17) is 14.5 Å². The van der Waals surface area contributed by atoms with Gasteiger partial charge in [-0.25, -0.2) is 4.98 Å². The molecule has 2 aliphatic rings. The van der Waals surface area contributed by atoms with E-state index in [9.17, 15) is 4.79 Å². The molecule has 0 amide bonds. The predicted molar refractivity (Wildman–Crippen MR) is 108 cm³/mol. The summed E-state index contributed by atoms with van der Waals surface area (Å²) in [6.45, 7) is 6.71. The highest BCUT2D eigenvalue weighted by molar-refractivity contribution is 5.66. The Morgan fingerprint density at radius 3 is 2.82 bits per heavy atom. The smallest absolute Gasteiger partial charge is 0.259 e. The van der Waals surface area contributed by atoms with E-state index in [1.807, 2.05) is 38.1 Å². The number of hydrogen-bond acceptors (Lipinski definition) is 6. The topological polar surface area (TPSA) is 59.8 Å². The number of aryl methyl sites for hydroxylation is 1. The first-order valence-corrected chi connectivity index (χ1v) is 9.97. The van der Waals surface area contributed by atoms with Gasteiger partial charge in [0, 0.05) is 24.4 Å². The molecule has 1 fully saturated rings. The molecule has 1 aromatic carbocycles. The van der Waals surface area contributed by atoms with Crippen LogP contribution in [0.3, 0.4) is 0 Å². The molecule has 0 bridgehead atoms. The molecule has 1 aromatic heterocycles. The number of ether oxygens (including phenoxy) is 2. The number of hydrogen-bond donors (Lipinski definition) is 0. The van der Waals surface area contributed by atoms with Gasteiger partial charge in [0.25, 0.3) is 5.56 Å². The summed E-state index contributed by atoms with van der Waals surface area (Å²) in [5, 5.41) is 0. The zero-order valence-electron chi connectivity index (χ0n) is 16.9. The van der Waals surface area contributed by atoms with Crippen molar-refractivity contribution in [3.8, 4) is 5.75 Å². The third kappa shape index (κ3) is 3.40. The van der Waals surface area contributed by atoms with Gasteiger partial charge in [-0.15, -0.1) is 0 Å². The highest BCUT2D eigenvalue weighted by atomic mass is 16.5. The molecule has 0 aliphatic carbocycles. The van der Waals surface area contributed by atoms with Gasteiger partial charge in [-0.2, -0.15) is 0 Å². The van der Waals surface area contributed by atoms with Crippen LogP contribution in [0.5, 0.6) is 5.75 Å². The van der Waals surface area contributed by atoms with Crippen molar-refractivity contribution in [1.82, 2.24) is 14.5 Å². The van der Waals surface area contributed by atoms with Gasteiger partial charge >= 0.3 is 0 Å². The number of benzene rings is 1. The molecule has 0 N–H and O–H groups in total. The maximum atomic E-state index is 13.2. The first-order valence-electron chi connectivity index (χ1n) is 9.97. The maximum absolute atomic E-state index is 13.2. The second kappa shape index (κ2) is 7.93. The van der Waals surface area contributed by atoms with E-state index in [1.54, 1.807) is 11.7 Å². The molecule has 7 nitrogen and oxygen atoms in total. The molecule has 28 heavy (non-hydrogen) atoms. The van der Waals surface area contributed by atoms with Crippen molar-refractivity contribution >= 4 is 11.6 Å².